The van der Waals surface area contributed by atoms with Crippen LogP contribution in [0.3, 0.4) is 0 Å². The highest BCUT2D eigenvalue weighted by atomic mass is 32.1. The first kappa shape index (κ1) is 10.3. The van der Waals surface area contributed by atoms with Gasteiger partial charge in [-0.2, -0.15) is 4.37 Å². The zero-order valence-electron chi connectivity index (χ0n) is 6.73. The Morgan fingerprint density at radius 1 is 1.62 bits per heavy atom. The largest absolute Gasteiger partial charge is 0.395 e. The van der Waals surface area contributed by atoms with Gasteiger partial charge in [-0.1, -0.05) is 0 Å². The molecule has 0 aliphatic carbocycles. The van der Waals surface area contributed by atoms with Crippen LogP contribution in [-0.2, 0) is 0 Å². The van der Waals surface area contributed by atoms with Crippen molar-refractivity contribution in [2.45, 2.75) is 6.43 Å². The van der Waals surface area contributed by atoms with E-state index in [2.05, 4.69) is 9.36 Å². The molecule has 0 spiro atoms. The van der Waals surface area contributed by atoms with E-state index in [1.54, 1.807) is 0 Å². The first-order valence-electron chi connectivity index (χ1n) is 3.64. The van der Waals surface area contributed by atoms with E-state index in [9.17, 15) is 8.78 Å². The zero-order chi connectivity index (χ0) is 9.68. The van der Waals surface area contributed by atoms with Gasteiger partial charge in [0.1, 0.15) is 6.33 Å². The zero-order valence-corrected chi connectivity index (χ0v) is 7.55. The number of hydrogen-bond acceptors (Lipinski definition) is 5. The van der Waals surface area contributed by atoms with Gasteiger partial charge in [0.05, 0.1) is 13.2 Å². The molecule has 1 N–H and O–H groups in total. The molecule has 1 aromatic rings. The summed E-state index contributed by atoms with van der Waals surface area (Å²) in [5, 5.41) is 9.03. The van der Waals surface area contributed by atoms with Gasteiger partial charge in [-0.3, -0.25) is 0 Å². The lowest BCUT2D eigenvalue weighted by Gasteiger charge is -2.18. The van der Waals surface area contributed by atoms with Crippen LogP contribution < -0.4 is 4.90 Å². The number of halogens is 2. The van der Waals surface area contributed by atoms with Crippen molar-refractivity contribution < 1.29 is 13.9 Å². The maximum absolute atomic E-state index is 12.0. The first-order valence-corrected chi connectivity index (χ1v) is 4.42. The Labute approximate surface area is 78.0 Å². The highest BCUT2D eigenvalue weighted by Crippen LogP contribution is 2.15. The van der Waals surface area contributed by atoms with Crippen LogP contribution in [0.5, 0.6) is 0 Å². The minimum absolute atomic E-state index is 0.152. The number of hydrogen-bond donors (Lipinski definition) is 1. The molecule has 0 saturated heterocycles. The molecule has 0 aliphatic heterocycles. The van der Waals surface area contributed by atoms with Crippen molar-refractivity contribution in [3.05, 3.63) is 6.33 Å². The number of nitrogens with zero attached hydrogens (tertiary/aromatic N) is 3. The summed E-state index contributed by atoms with van der Waals surface area (Å²) in [6.45, 7) is -0.443. The van der Waals surface area contributed by atoms with Crippen LogP contribution in [0.15, 0.2) is 6.33 Å². The van der Waals surface area contributed by atoms with Crippen LogP contribution in [0.25, 0.3) is 0 Å². The molecular formula is C6H9F2N3OS. The second-order valence-corrected chi connectivity index (χ2v) is 3.04. The molecule has 1 aromatic heterocycles. The number of aliphatic hydroxyl groups is 1. The van der Waals surface area contributed by atoms with Crippen molar-refractivity contribution in [3.8, 4) is 0 Å². The quantitative estimate of drug-likeness (QED) is 0.771. The highest BCUT2D eigenvalue weighted by molar-refractivity contribution is 7.09. The van der Waals surface area contributed by atoms with Crippen molar-refractivity contribution >= 4 is 16.7 Å². The predicted octanol–water partition coefficient (Wildman–Crippen LogP) is 0.602. The summed E-state index contributed by atoms with van der Waals surface area (Å²) in [4.78, 5) is 5.08. The minimum atomic E-state index is -2.43. The highest BCUT2D eigenvalue weighted by Gasteiger charge is 2.14. The Bertz CT molecular complexity index is 232. The van der Waals surface area contributed by atoms with Crippen LogP contribution >= 0.6 is 11.5 Å². The van der Waals surface area contributed by atoms with Gasteiger partial charge < -0.3 is 10.0 Å². The van der Waals surface area contributed by atoms with Gasteiger partial charge >= 0.3 is 0 Å². The van der Waals surface area contributed by atoms with Gasteiger partial charge in [0.15, 0.2) is 0 Å². The number of aliphatic hydroxyl groups excluding tert-OH is 1. The minimum Gasteiger partial charge on any atom is -0.395 e. The van der Waals surface area contributed by atoms with Gasteiger partial charge in [-0.25, -0.2) is 13.8 Å². The van der Waals surface area contributed by atoms with E-state index in [4.69, 9.17) is 5.11 Å². The first-order chi connectivity index (χ1) is 6.24. The predicted molar refractivity (Wildman–Crippen MR) is 45.2 cm³/mol. The maximum atomic E-state index is 12.0. The molecule has 1 heterocycles. The molecule has 0 amide bonds. The lowest BCUT2D eigenvalue weighted by molar-refractivity contribution is 0.153. The second-order valence-electron chi connectivity index (χ2n) is 2.28. The summed E-state index contributed by atoms with van der Waals surface area (Å²) < 4.78 is 27.8. The van der Waals surface area contributed by atoms with Crippen LogP contribution in [0, 0.1) is 0 Å². The topological polar surface area (TPSA) is 49.2 Å². The fraction of sp³-hybridized carbons (Fsp3) is 0.667. The van der Waals surface area contributed by atoms with E-state index in [-0.39, 0.29) is 13.2 Å². The van der Waals surface area contributed by atoms with E-state index in [1.165, 1.54) is 11.2 Å². The van der Waals surface area contributed by atoms with Gasteiger partial charge in [0, 0.05) is 18.1 Å². The molecule has 0 atom stereocenters. The van der Waals surface area contributed by atoms with Crippen molar-refractivity contribution in [1.29, 1.82) is 0 Å². The monoisotopic (exact) mass is 209 g/mol. The number of alkyl halides is 2. The third-order valence-electron chi connectivity index (χ3n) is 1.35. The summed E-state index contributed by atoms with van der Waals surface area (Å²) in [7, 11) is 0. The number of aromatic nitrogens is 2. The van der Waals surface area contributed by atoms with Crippen molar-refractivity contribution in [2.75, 3.05) is 24.6 Å². The molecule has 0 aromatic carbocycles. The van der Waals surface area contributed by atoms with Crippen LogP contribution in [-0.4, -0.2) is 40.6 Å². The van der Waals surface area contributed by atoms with Gasteiger partial charge in [-0.15, -0.1) is 0 Å². The SMILES string of the molecule is OCCN(CC(F)F)c1ncns1. The third-order valence-corrected chi connectivity index (χ3v) is 2.08. The molecule has 0 bridgehead atoms. The fourth-order valence-corrected chi connectivity index (χ4v) is 1.42. The molecule has 4 nitrogen and oxygen atoms in total. The van der Waals surface area contributed by atoms with E-state index in [0.717, 1.165) is 11.5 Å². The maximum Gasteiger partial charge on any atom is 0.255 e. The average Bonchev–Trinajstić information content (AvgIpc) is 2.54. The van der Waals surface area contributed by atoms with Crippen molar-refractivity contribution in [1.82, 2.24) is 9.36 Å². The van der Waals surface area contributed by atoms with Gasteiger partial charge in [0.25, 0.3) is 6.43 Å². The summed E-state index contributed by atoms with van der Waals surface area (Å²) >= 11 is 1.03. The lowest BCUT2D eigenvalue weighted by atomic mass is 10.5. The summed E-state index contributed by atoms with van der Waals surface area (Å²) in [5.74, 6) is 0. The summed E-state index contributed by atoms with van der Waals surface area (Å²) in [6, 6.07) is 0. The summed E-state index contributed by atoms with van der Waals surface area (Å²) in [6.07, 6.45) is -1.13. The standard InChI is InChI=1S/C6H9F2N3OS/c7-5(8)3-11(1-2-12)6-9-4-10-13-6/h4-5,12H,1-3H2. The molecule has 0 unspecified atom stereocenters. The average molecular weight is 209 g/mol. The second kappa shape index (κ2) is 5.03. The van der Waals surface area contributed by atoms with Crippen molar-refractivity contribution in [2.24, 2.45) is 0 Å². The van der Waals surface area contributed by atoms with Crippen LogP contribution in [0.4, 0.5) is 13.9 Å². The molecule has 74 valence electrons. The Hall–Kier alpha value is -0.820. The van der Waals surface area contributed by atoms with E-state index in [1.807, 2.05) is 0 Å². The van der Waals surface area contributed by atoms with Crippen molar-refractivity contribution in [3.63, 3.8) is 0 Å². The number of anilines is 1. The molecular weight excluding hydrogens is 200 g/mol. The lowest BCUT2D eigenvalue weighted by Crippen LogP contribution is -2.31. The molecule has 0 radical (unpaired) electrons. The van der Waals surface area contributed by atoms with Crippen LogP contribution in [0.1, 0.15) is 0 Å². The Balaban J connectivity index is 2.57. The normalized spacial score (nSPS) is 10.8. The summed E-state index contributed by atoms with van der Waals surface area (Å²) in [5.41, 5.74) is 0. The molecule has 7 heteroatoms. The molecule has 0 fully saturated rings. The molecule has 0 saturated carbocycles. The molecule has 0 aliphatic rings. The van der Waals surface area contributed by atoms with E-state index >= 15 is 0 Å². The molecule has 13 heavy (non-hydrogen) atoms. The Morgan fingerprint density at radius 3 is 2.85 bits per heavy atom. The molecule has 1 rings (SSSR count). The van der Waals surface area contributed by atoms with Gasteiger partial charge in [0.2, 0.25) is 5.13 Å². The Kier molecular flexibility index (Phi) is 3.97. The van der Waals surface area contributed by atoms with Gasteiger partial charge in [-0.05, 0) is 0 Å². The van der Waals surface area contributed by atoms with E-state index < -0.39 is 13.0 Å². The smallest absolute Gasteiger partial charge is 0.255 e. The Morgan fingerprint density at radius 2 is 2.38 bits per heavy atom. The fourth-order valence-electron chi connectivity index (χ4n) is 0.859. The third kappa shape index (κ3) is 3.19. The van der Waals surface area contributed by atoms with Crippen LogP contribution in [0.2, 0.25) is 0 Å². The number of rotatable bonds is 5. The van der Waals surface area contributed by atoms with E-state index in [0.29, 0.717) is 5.13 Å².